The van der Waals surface area contributed by atoms with Crippen LogP contribution in [0.5, 0.6) is 0 Å². The molecule has 0 radical (unpaired) electrons. The lowest BCUT2D eigenvalue weighted by atomic mass is 9.95. The first kappa shape index (κ1) is 75.9. The number of hydrogen-bond acceptors (Lipinski definition) is 15. The van der Waals surface area contributed by atoms with Gasteiger partial charge in [-0.3, -0.25) is 54.3 Å². The van der Waals surface area contributed by atoms with Gasteiger partial charge < -0.3 is 30.7 Å². The highest BCUT2D eigenvalue weighted by atomic mass is 16.6. The van der Waals surface area contributed by atoms with E-state index in [-0.39, 0.29) is 25.7 Å². The Labute approximate surface area is 636 Å². The Balaban J connectivity index is 0.858. The third kappa shape index (κ3) is 21.9. The summed E-state index contributed by atoms with van der Waals surface area (Å²) < 4.78 is 11.2. The molecular weight excluding hydrogens is 1360 g/mol. The Bertz CT molecular complexity index is 4760. The van der Waals surface area contributed by atoms with Crippen molar-refractivity contribution in [2.45, 2.75) is 128 Å². The largest absolute Gasteiger partial charge is 0.467 e. The molecule has 19 nitrogen and oxygen atoms in total. The molecule has 4 amide bonds. The summed E-state index contributed by atoms with van der Waals surface area (Å²) in [7, 11) is 1.28. The number of ether oxygens (including phenoxy) is 2. The monoisotopic (exact) mass is 1450 g/mol. The number of nitrogens with one attached hydrogen (secondary N) is 4. The van der Waals surface area contributed by atoms with Gasteiger partial charge in [0.1, 0.15) is 29.8 Å². The fraction of sp³-hybridized carbons (Fsp3) is 0.233. The van der Waals surface area contributed by atoms with Crippen molar-refractivity contribution < 1.29 is 33.4 Å². The molecule has 4 atom stereocenters. The molecule has 0 aliphatic heterocycles. The summed E-state index contributed by atoms with van der Waals surface area (Å²) in [5, 5.41) is 12.1. The zero-order valence-electron chi connectivity index (χ0n) is 61.6. The fourth-order valence-electron chi connectivity index (χ4n) is 13.3. The molecule has 8 heterocycles. The van der Waals surface area contributed by atoms with Crippen LogP contribution in [0, 0.1) is 0 Å². The Kier molecular flexibility index (Phi) is 26.1. The Hall–Kier alpha value is -12.8. The molecule has 0 unspecified atom stereocenters. The van der Waals surface area contributed by atoms with E-state index < -0.39 is 59.6 Å². The maximum atomic E-state index is 15.8. The fourth-order valence-corrected chi connectivity index (χ4v) is 13.3. The second-order valence-electron chi connectivity index (χ2n) is 27.9. The van der Waals surface area contributed by atoms with Crippen molar-refractivity contribution in [1.82, 2.24) is 61.1 Å². The van der Waals surface area contributed by atoms with Gasteiger partial charge in [-0.25, -0.2) is 9.59 Å². The number of aryl methyl sites for hydroxylation is 4. The predicted molar refractivity (Wildman–Crippen MR) is 424 cm³/mol. The third-order valence-electron chi connectivity index (χ3n) is 18.6. The number of rotatable bonds is 32. The van der Waals surface area contributed by atoms with Crippen LogP contribution in [0.3, 0.4) is 0 Å². The zero-order chi connectivity index (χ0) is 75.7. The second kappa shape index (κ2) is 37.5. The third-order valence-corrected chi connectivity index (χ3v) is 18.6. The molecule has 4 N–H and O–H groups in total. The van der Waals surface area contributed by atoms with Crippen molar-refractivity contribution in [2.24, 2.45) is 0 Å². The number of pyridine rings is 8. The lowest BCUT2D eigenvalue weighted by Gasteiger charge is -2.27. The van der Waals surface area contributed by atoms with E-state index in [0.717, 1.165) is 112 Å². The van der Waals surface area contributed by atoms with E-state index in [0.29, 0.717) is 51.4 Å². The van der Waals surface area contributed by atoms with E-state index in [1.54, 1.807) is 70.3 Å². The number of alkyl carbamates (subject to hydrolysis) is 1. The molecular formula is C90H88N12O7. The summed E-state index contributed by atoms with van der Waals surface area (Å²) in [4.78, 5) is 112. The number of carbonyl (C=O) groups is 5. The molecule has 0 fully saturated rings. The number of hydrogen-bond donors (Lipinski definition) is 4. The van der Waals surface area contributed by atoms with Crippen molar-refractivity contribution in [3.63, 3.8) is 0 Å². The van der Waals surface area contributed by atoms with Crippen LogP contribution in [0.4, 0.5) is 4.79 Å². The van der Waals surface area contributed by atoms with Gasteiger partial charge in [-0.15, -0.1) is 0 Å². The van der Waals surface area contributed by atoms with Crippen LogP contribution in [-0.2, 0) is 54.3 Å². The maximum absolute atomic E-state index is 15.8. The van der Waals surface area contributed by atoms with E-state index >= 15 is 14.4 Å². The van der Waals surface area contributed by atoms with Crippen molar-refractivity contribution in [1.29, 1.82) is 0 Å². The van der Waals surface area contributed by atoms with E-state index in [4.69, 9.17) is 9.47 Å². The summed E-state index contributed by atoms with van der Waals surface area (Å²) in [6.45, 7) is 5.22. The first-order chi connectivity index (χ1) is 53.1. The standard InChI is InChI=1S/C90H88N12O7/c1-90(2,3)109-89(107)102-83(39-23-27-63-53-69(77-33-9-17-45-95-77)59-70(54-63)78-34-10-18-46-96-78)87(105)100-81(37-21-25-61-49-65(73-29-5-13-41-91-73)57-66(50-61)74-30-6-14-42-92-74)85(103)99-82(38-22-26-62-51-67(75-31-7-15-43-93-75)58-68(52-62)76-32-8-16-44-94-76)86(104)101-84(88(106)108-4)40-24-28-64-55-71(79-35-11-19-47-97-79)60-72(56-64)80-36-12-20-48-98-80/h5-20,29-36,41-60,81-84H,21-28,37-40H2,1-4H3,(H,99,103)(H,100,105)(H,101,104)(H,102,107)/t81-,82-,83-,84-/m0/s1. The first-order valence-corrected chi connectivity index (χ1v) is 37.0. The summed E-state index contributed by atoms with van der Waals surface area (Å²) in [6, 6.07) is 65.9. The number of nitrogens with zero attached hydrogens (tertiary/aromatic N) is 8. The lowest BCUT2D eigenvalue weighted by Crippen LogP contribution is -2.58. The van der Waals surface area contributed by atoms with Gasteiger partial charge in [0.05, 0.1) is 52.7 Å². The number of methoxy groups -OCH3 is 1. The summed E-state index contributed by atoms with van der Waals surface area (Å²) >= 11 is 0. The number of carbonyl (C=O) groups excluding carboxylic acids is 5. The van der Waals surface area contributed by atoms with Crippen LogP contribution in [0.25, 0.3) is 90.1 Å². The first-order valence-electron chi connectivity index (χ1n) is 37.0. The molecule has 12 rings (SSSR count). The average molecular weight is 1450 g/mol. The van der Waals surface area contributed by atoms with Crippen LogP contribution in [0.2, 0.25) is 0 Å². The molecule has 19 heteroatoms. The minimum absolute atomic E-state index is 0.0827. The molecule has 0 saturated heterocycles. The summed E-state index contributed by atoms with van der Waals surface area (Å²) in [6.07, 6.45) is 17.1. The number of aromatic nitrogens is 8. The molecule has 8 aromatic heterocycles. The van der Waals surface area contributed by atoms with Crippen LogP contribution in [-0.4, -0.2) is 107 Å². The highest BCUT2D eigenvalue weighted by Gasteiger charge is 2.33. The normalized spacial score (nSPS) is 12.3. The molecule has 109 heavy (non-hydrogen) atoms. The van der Waals surface area contributed by atoms with Gasteiger partial charge in [-0.2, -0.15) is 0 Å². The van der Waals surface area contributed by atoms with Crippen molar-refractivity contribution in [3.8, 4) is 90.1 Å². The van der Waals surface area contributed by atoms with Gasteiger partial charge in [0.2, 0.25) is 17.7 Å². The van der Waals surface area contributed by atoms with Crippen LogP contribution < -0.4 is 21.3 Å². The molecule has 0 saturated carbocycles. The highest BCUT2D eigenvalue weighted by molar-refractivity contribution is 5.95. The van der Waals surface area contributed by atoms with Gasteiger partial charge in [-0.05, 0) is 290 Å². The van der Waals surface area contributed by atoms with Gasteiger partial charge >= 0.3 is 12.1 Å². The maximum Gasteiger partial charge on any atom is 0.408 e. The minimum atomic E-state index is -1.28. The van der Waals surface area contributed by atoms with E-state index in [1.165, 1.54) is 7.11 Å². The van der Waals surface area contributed by atoms with Crippen molar-refractivity contribution in [2.75, 3.05) is 7.11 Å². The number of benzene rings is 4. The van der Waals surface area contributed by atoms with Crippen molar-refractivity contribution in [3.05, 3.63) is 290 Å². The lowest BCUT2D eigenvalue weighted by molar-refractivity contribution is -0.145. The van der Waals surface area contributed by atoms with E-state index in [1.807, 2.05) is 152 Å². The molecule has 550 valence electrons. The van der Waals surface area contributed by atoms with Crippen LogP contribution in [0.1, 0.15) is 94.4 Å². The van der Waals surface area contributed by atoms with Gasteiger partial charge in [-0.1, -0.05) is 48.5 Å². The number of amides is 4. The molecule has 12 aromatic rings. The molecule has 0 aliphatic rings. The number of esters is 1. The van der Waals surface area contributed by atoms with Gasteiger partial charge in [0, 0.05) is 94.1 Å². The molecule has 0 aliphatic carbocycles. The Morgan fingerprint density at radius 3 is 0.716 bits per heavy atom. The minimum Gasteiger partial charge on any atom is -0.467 e. The summed E-state index contributed by atoms with van der Waals surface area (Å²) in [5.74, 6) is -2.59. The van der Waals surface area contributed by atoms with E-state index in [9.17, 15) is 9.59 Å². The highest BCUT2D eigenvalue weighted by Crippen LogP contribution is 2.33. The Morgan fingerprint density at radius 2 is 0.514 bits per heavy atom. The van der Waals surface area contributed by atoms with Crippen LogP contribution >= 0.6 is 0 Å². The van der Waals surface area contributed by atoms with E-state index in [2.05, 4.69) is 128 Å². The smallest absolute Gasteiger partial charge is 0.408 e. The van der Waals surface area contributed by atoms with Crippen LogP contribution in [0.15, 0.2) is 268 Å². The second-order valence-corrected chi connectivity index (χ2v) is 27.9. The topological polar surface area (TPSA) is 255 Å². The van der Waals surface area contributed by atoms with Gasteiger partial charge in [0.15, 0.2) is 0 Å². The average Bonchev–Trinajstić information content (AvgIpc) is 0.831. The Morgan fingerprint density at radius 1 is 0.303 bits per heavy atom. The van der Waals surface area contributed by atoms with Gasteiger partial charge in [0.25, 0.3) is 0 Å². The summed E-state index contributed by atoms with van der Waals surface area (Å²) in [5.41, 5.74) is 16.1. The quantitative estimate of drug-likeness (QED) is 0.0286. The molecule has 4 aromatic carbocycles. The molecule has 0 bridgehead atoms. The van der Waals surface area contributed by atoms with Crippen molar-refractivity contribution >= 4 is 29.8 Å². The molecule has 0 spiro atoms. The SMILES string of the molecule is COC(=O)[C@H](CCCc1cc(-c2ccccn2)cc(-c2ccccn2)c1)NC(=O)[C@H](CCCc1cc(-c2ccccn2)cc(-c2ccccn2)c1)NC(=O)[C@H](CCCc1cc(-c2ccccn2)cc(-c2ccccn2)c1)NC(=O)[C@H](CCCc1cc(-c2ccccn2)cc(-c2ccccn2)c1)NC(=O)OC(C)(C)C. The zero-order valence-corrected chi connectivity index (χ0v) is 61.6. The predicted octanol–water partition coefficient (Wildman–Crippen LogP) is 16.1.